The Morgan fingerprint density at radius 3 is 2.85 bits per heavy atom. The molecule has 0 atom stereocenters. The molecule has 0 fully saturated rings. The zero-order chi connectivity index (χ0) is 14.8. The number of rotatable bonds is 10. The Kier molecular flexibility index (Phi) is 7.93. The van der Waals surface area contributed by atoms with Crippen LogP contribution in [-0.4, -0.2) is 51.4 Å². The maximum atomic E-state index is 11.7. The number of aliphatic hydroxyl groups excluding tert-OH is 1. The minimum atomic E-state index is -3.29. The predicted molar refractivity (Wildman–Crippen MR) is 81.3 cm³/mol. The molecule has 0 saturated heterocycles. The molecule has 1 aromatic carbocycles. The number of thioether (sulfide) groups is 1. The van der Waals surface area contributed by atoms with Crippen LogP contribution in [0.1, 0.15) is 0 Å². The van der Waals surface area contributed by atoms with Gasteiger partial charge in [0.25, 0.3) is 0 Å². The number of benzene rings is 1. The first kappa shape index (κ1) is 17.3. The first-order valence-electron chi connectivity index (χ1n) is 6.18. The predicted octanol–water partition coefficient (Wildman–Crippen LogP) is 0.289. The minimum Gasteiger partial charge on any atom is -0.399 e. The molecule has 114 valence electrons. The summed E-state index contributed by atoms with van der Waals surface area (Å²) in [4.78, 5) is 0.950. The molecule has 0 spiro atoms. The normalized spacial score (nSPS) is 11.7. The third kappa shape index (κ3) is 7.71. The molecular weight excluding hydrogens is 300 g/mol. The molecule has 20 heavy (non-hydrogen) atoms. The molecule has 0 aliphatic carbocycles. The second-order valence-corrected chi connectivity index (χ2v) is 7.06. The number of anilines is 1. The number of aliphatic hydroxyl groups is 1. The average molecular weight is 320 g/mol. The van der Waals surface area contributed by atoms with Crippen molar-refractivity contribution in [2.45, 2.75) is 4.90 Å². The summed E-state index contributed by atoms with van der Waals surface area (Å²) >= 11 is 1.45. The van der Waals surface area contributed by atoms with Crippen molar-refractivity contribution in [2.75, 3.05) is 43.6 Å². The topological polar surface area (TPSA) is 102 Å². The fourth-order valence-corrected chi connectivity index (χ4v) is 3.76. The van der Waals surface area contributed by atoms with Gasteiger partial charge in [-0.05, 0) is 18.2 Å². The molecule has 0 unspecified atom stereocenters. The van der Waals surface area contributed by atoms with E-state index in [9.17, 15) is 8.42 Å². The molecule has 4 N–H and O–H groups in total. The van der Waals surface area contributed by atoms with Crippen LogP contribution in [0.2, 0.25) is 0 Å². The van der Waals surface area contributed by atoms with E-state index in [4.69, 9.17) is 15.6 Å². The molecule has 1 aromatic rings. The van der Waals surface area contributed by atoms with E-state index in [1.165, 1.54) is 11.8 Å². The number of nitrogen functional groups attached to an aromatic ring is 1. The fraction of sp³-hybridized carbons (Fsp3) is 0.500. The van der Waals surface area contributed by atoms with Crippen molar-refractivity contribution < 1.29 is 18.3 Å². The molecule has 1 rings (SSSR count). The highest BCUT2D eigenvalue weighted by molar-refractivity contribution is 8.00. The first-order chi connectivity index (χ1) is 9.53. The van der Waals surface area contributed by atoms with Gasteiger partial charge in [0.2, 0.25) is 10.0 Å². The van der Waals surface area contributed by atoms with E-state index in [2.05, 4.69) is 4.72 Å². The Bertz CT molecular complexity index is 494. The van der Waals surface area contributed by atoms with E-state index in [0.717, 1.165) is 4.90 Å². The van der Waals surface area contributed by atoms with Crippen LogP contribution < -0.4 is 10.5 Å². The number of ether oxygens (including phenoxy) is 1. The Balaban J connectivity index is 2.22. The third-order valence-electron chi connectivity index (χ3n) is 2.28. The summed E-state index contributed by atoms with van der Waals surface area (Å²) in [6.45, 7) is 0.615. The Labute approximate surface area is 123 Å². The summed E-state index contributed by atoms with van der Waals surface area (Å²) in [5.74, 6) is 0.489. The summed E-state index contributed by atoms with van der Waals surface area (Å²) in [5, 5.41) is 8.49. The van der Waals surface area contributed by atoms with Gasteiger partial charge in [-0.15, -0.1) is 11.8 Å². The smallest absolute Gasteiger partial charge is 0.212 e. The summed E-state index contributed by atoms with van der Waals surface area (Å²) in [6.07, 6.45) is 0. The Morgan fingerprint density at radius 2 is 2.15 bits per heavy atom. The molecule has 0 radical (unpaired) electrons. The van der Waals surface area contributed by atoms with E-state index in [-0.39, 0.29) is 32.1 Å². The van der Waals surface area contributed by atoms with Gasteiger partial charge >= 0.3 is 0 Å². The van der Waals surface area contributed by atoms with Crippen molar-refractivity contribution in [1.82, 2.24) is 4.72 Å². The molecule has 0 bridgehead atoms. The molecule has 0 aliphatic rings. The van der Waals surface area contributed by atoms with E-state index in [0.29, 0.717) is 11.4 Å². The van der Waals surface area contributed by atoms with E-state index in [1.807, 2.05) is 18.2 Å². The SMILES string of the molecule is Nc1cccc(SCCS(=O)(=O)NCCOCCO)c1. The van der Waals surface area contributed by atoms with Crippen LogP contribution in [0.25, 0.3) is 0 Å². The van der Waals surface area contributed by atoms with Gasteiger partial charge in [-0.3, -0.25) is 0 Å². The third-order valence-corrected chi connectivity index (χ3v) is 4.92. The quantitative estimate of drug-likeness (QED) is 0.325. The molecule has 0 amide bonds. The van der Waals surface area contributed by atoms with Gasteiger partial charge in [0.05, 0.1) is 25.6 Å². The van der Waals surface area contributed by atoms with E-state index < -0.39 is 10.0 Å². The van der Waals surface area contributed by atoms with Gasteiger partial charge in [-0.2, -0.15) is 0 Å². The number of nitrogens with one attached hydrogen (secondary N) is 1. The monoisotopic (exact) mass is 320 g/mol. The summed E-state index contributed by atoms with van der Waals surface area (Å²) in [7, 11) is -3.29. The van der Waals surface area contributed by atoms with Crippen molar-refractivity contribution >= 4 is 27.5 Å². The number of hydrogen-bond donors (Lipinski definition) is 3. The standard InChI is InChI=1S/C12H20N2O4S2/c13-11-2-1-3-12(10-11)19-8-9-20(16,17)14-4-6-18-7-5-15/h1-3,10,14-15H,4-9,13H2. The van der Waals surface area contributed by atoms with Crippen LogP contribution >= 0.6 is 11.8 Å². The first-order valence-corrected chi connectivity index (χ1v) is 8.81. The van der Waals surface area contributed by atoms with Gasteiger partial charge in [-0.1, -0.05) is 6.07 Å². The van der Waals surface area contributed by atoms with E-state index in [1.54, 1.807) is 6.07 Å². The van der Waals surface area contributed by atoms with Crippen molar-refractivity contribution in [3.05, 3.63) is 24.3 Å². The Hall–Kier alpha value is -0.800. The zero-order valence-corrected chi connectivity index (χ0v) is 12.8. The van der Waals surface area contributed by atoms with Crippen LogP contribution in [0.3, 0.4) is 0 Å². The van der Waals surface area contributed by atoms with Crippen LogP contribution in [0.15, 0.2) is 29.2 Å². The second-order valence-electron chi connectivity index (χ2n) is 3.97. The van der Waals surface area contributed by atoms with Crippen molar-refractivity contribution in [1.29, 1.82) is 0 Å². The average Bonchev–Trinajstić information content (AvgIpc) is 2.38. The molecule has 0 aromatic heterocycles. The summed E-state index contributed by atoms with van der Waals surface area (Å²) < 4.78 is 30.7. The highest BCUT2D eigenvalue weighted by Crippen LogP contribution is 2.19. The zero-order valence-electron chi connectivity index (χ0n) is 11.1. The minimum absolute atomic E-state index is 0.0342. The lowest BCUT2D eigenvalue weighted by molar-refractivity contribution is 0.0961. The highest BCUT2D eigenvalue weighted by Gasteiger charge is 2.09. The van der Waals surface area contributed by atoms with Crippen LogP contribution in [0.5, 0.6) is 0 Å². The van der Waals surface area contributed by atoms with Crippen molar-refractivity contribution in [3.8, 4) is 0 Å². The molecular formula is C12H20N2O4S2. The molecule has 8 heteroatoms. The lowest BCUT2D eigenvalue weighted by Gasteiger charge is -2.07. The molecule has 0 saturated carbocycles. The van der Waals surface area contributed by atoms with Crippen LogP contribution in [0, 0.1) is 0 Å². The number of sulfonamides is 1. The van der Waals surface area contributed by atoms with Gasteiger partial charge in [0, 0.05) is 22.9 Å². The van der Waals surface area contributed by atoms with Crippen LogP contribution in [0.4, 0.5) is 5.69 Å². The lowest BCUT2D eigenvalue weighted by Crippen LogP contribution is -2.30. The highest BCUT2D eigenvalue weighted by atomic mass is 32.2. The van der Waals surface area contributed by atoms with Gasteiger partial charge in [0.1, 0.15) is 0 Å². The lowest BCUT2D eigenvalue weighted by atomic mass is 10.3. The number of nitrogens with two attached hydrogens (primary N) is 1. The van der Waals surface area contributed by atoms with Crippen molar-refractivity contribution in [2.24, 2.45) is 0 Å². The number of hydrogen-bond acceptors (Lipinski definition) is 6. The van der Waals surface area contributed by atoms with Crippen LogP contribution in [-0.2, 0) is 14.8 Å². The Morgan fingerprint density at radius 1 is 1.35 bits per heavy atom. The summed E-state index contributed by atoms with van der Waals surface area (Å²) in [6, 6.07) is 7.33. The van der Waals surface area contributed by atoms with Crippen molar-refractivity contribution in [3.63, 3.8) is 0 Å². The van der Waals surface area contributed by atoms with Gasteiger partial charge < -0.3 is 15.6 Å². The largest absolute Gasteiger partial charge is 0.399 e. The maximum Gasteiger partial charge on any atom is 0.212 e. The van der Waals surface area contributed by atoms with Gasteiger partial charge in [0.15, 0.2) is 0 Å². The molecule has 0 aliphatic heterocycles. The summed E-state index contributed by atoms with van der Waals surface area (Å²) in [5.41, 5.74) is 6.31. The van der Waals surface area contributed by atoms with Gasteiger partial charge in [-0.25, -0.2) is 13.1 Å². The second kappa shape index (κ2) is 9.19. The molecule has 0 heterocycles. The maximum absolute atomic E-state index is 11.7. The fourth-order valence-electron chi connectivity index (χ4n) is 1.38. The van der Waals surface area contributed by atoms with E-state index >= 15 is 0 Å². The molecule has 6 nitrogen and oxygen atoms in total.